The van der Waals surface area contributed by atoms with Crippen LogP contribution in [0.2, 0.25) is 5.02 Å². The number of halogens is 1. The topological polar surface area (TPSA) is 75.6 Å². The van der Waals surface area contributed by atoms with Crippen LogP contribution < -0.4 is 0 Å². The molecule has 1 aliphatic carbocycles. The maximum absolute atomic E-state index is 13.0. The second kappa shape index (κ2) is 8.04. The Morgan fingerprint density at radius 1 is 1.20 bits per heavy atom. The predicted molar refractivity (Wildman–Crippen MR) is 113 cm³/mol. The zero-order valence-electron chi connectivity index (χ0n) is 17.1. The zero-order valence-corrected chi connectivity index (χ0v) is 17.8. The lowest BCUT2D eigenvalue weighted by atomic mass is 9.95. The van der Waals surface area contributed by atoms with E-state index in [2.05, 4.69) is 22.3 Å². The highest BCUT2D eigenvalue weighted by Gasteiger charge is 2.31. The molecule has 158 valence electrons. The van der Waals surface area contributed by atoms with Gasteiger partial charge in [0, 0.05) is 48.1 Å². The number of piperidine rings is 1. The van der Waals surface area contributed by atoms with E-state index >= 15 is 0 Å². The summed E-state index contributed by atoms with van der Waals surface area (Å²) in [5.74, 6) is 0.916. The van der Waals surface area contributed by atoms with Gasteiger partial charge in [-0.1, -0.05) is 21.9 Å². The second-order valence-electron chi connectivity index (χ2n) is 8.35. The summed E-state index contributed by atoms with van der Waals surface area (Å²) >= 11 is 6.13. The van der Waals surface area contributed by atoms with Gasteiger partial charge in [-0.2, -0.15) is 0 Å². The highest BCUT2D eigenvalue weighted by atomic mass is 35.5. The molecule has 2 aromatic heterocycles. The number of likely N-dealkylation sites (tertiary alicyclic amines) is 1. The normalized spacial score (nSPS) is 17.6. The van der Waals surface area contributed by atoms with Crippen LogP contribution in [0.5, 0.6) is 0 Å². The summed E-state index contributed by atoms with van der Waals surface area (Å²) in [5, 5.41) is 9.97. The van der Waals surface area contributed by atoms with E-state index in [0.29, 0.717) is 23.3 Å². The molecule has 0 radical (unpaired) electrons. The molecular weight excluding hydrogens is 404 g/mol. The number of rotatable bonds is 4. The van der Waals surface area contributed by atoms with Gasteiger partial charge in [0.05, 0.1) is 0 Å². The lowest BCUT2D eigenvalue weighted by Gasteiger charge is -2.36. The Morgan fingerprint density at radius 3 is 2.83 bits per heavy atom. The molecule has 0 atom stereocenters. The van der Waals surface area contributed by atoms with Crippen molar-refractivity contribution in [3.05, 3.63) is 45.9 Å². The molecule has 8 heteroatoms. The lowest BCUT2D eigenvalue weighted by Crippen LogP contribution is -2.45. The van der Waals surface area contributed by atoms with Crippen LogP contribution in [-0.2, 0) is 19.4 Å². The number of aromatic nitrogens is 2. The first kappa shape index (κ1) is 19.6. The summed E-state index contributed by atoms with van der Waals surface area (Å²) in [5.41, 5.74) is 3.20. The molecule has 3 heterocycles. The molecule has 0 saturated carbocycles. The smallest absolute Gasteiger partial charge is 0.276 e. The van der Waals surface area contributed by atoms with E-state index in [1.54, 1.807) is 6.07 Å². The van der Waals surface area contributed by atoms with Gasteiger partial charge >= 0.3 is 0 Å². The number of amides is 1. The van der Waals surface area contributed by atoms with Gasteiger partial charge in [0.15, 0.2) is 11.3 Å². The van der Waals surface area contributed by atoms with Crippen molar-refractivity contribution in [2.75, 3.05) is 20.1 Å². The van der Waals surface area contributed by atoms with Gasteiger partial charge in [-0.25, -0.2) is 0 Å². The number of carbonyl (C=O) groups is 1. The molecule has 0 N–H and O–H groups in total. The standard InChI is InChI=1S/C22H25ClN4O3/c1-26(13-18-17-12-14(23)6-7-20(17)29-24-18)15-8-10-27(11-9-15)22(28)21-16-4-2-3-5-19(16)30-25-21/h6-7,12,15H,2-5,8-11,13H2,1H3. The molecule has 30 heavy (non-hydrogen) atoms. The van der Waals surface area contributed by atoms with E-state index in [1.807, 2.05) is 17.0 Å². The van der Waals surface area contributed by atoms with Gasteiger partial charge < -0.3 is 13.9 Å². The molecule has 2 aliphatic rings. The average molecular weight is 429 g/mol. The van der Waals surface area contributed by atoms with Gasteiger partial charge in [0.2, 0.25) is 0 Å². The van der Waals surface area contributed by atoms with Crippen LogP contribution in [-0.4, -0.2) is 52.2 Å². The predicted octanol–water partition coefficient (Wildman–Crippen LogP) is 4.08. The Bertz CT molecular complexity index is 1070. The van der Waals surface area contributed by atoms with Gasteiger partial charge in [-0.05, 0) is 57.4 Å². The molecular formula is C22H25ClN4O3. The van der Waals surface area contributed by atoms with Crippen molar-refractivity contribution in [1.82, 2.24) is 20.1 Å². The van der Waals surface area contributed by atoms with Gasteiger partial charge in [-0.3, -0.25) is 9.69 Å². The van der Waals surface area contributed by atoms with Crippen LogP contribution in [0.3, 0.4) is 0 Å². The van der Waals surface area contributed by atoms with Crippen molar-refractivity contribution in [2.24, 2.45) is 0 Å². The summed E-state index contributed by atoms with van der Waals surface area (Å²) < 4.78 is 10.9. The monoisotopic (exact) mass is 428 g/mol. The maximum Gasteiger partial charge on any atom is 0.276 e. The second-order valence-corrected chi connectivity index (χ2v) is 8.78. The van der Waals surface area contributed by atoms with Crippen molar-refractivity contribution in [3.63, 3.8) is 0 Å². The minimum atomic E-state index is 0.0140. The number of hydrogen-bond acceptors (Lipinski definition) is 6. The van der Waals surface area contributed by atoms with E-state index in [1.165, 1.54) is 0 Å². The van der Waals surface area contributed by atoms with Crippen LogP contribution in [0, 0.1) is 0 Å². The minimum Gasteiger partial charge on any atom is -0.360 e. The maximum atomic E-state index is 13.0. The van der Waals surface area contributed by atoms with Crippen LogP contribution in [0.1, 0.15) is 53.2 Å². The fourth-order valence-corrected chi connectivity index (χ4v) is 4.82. The fraction of sp³-hybridized carbons (Fsp3) is 0.500. The van der Waals surface area contributed by atoms with Gasteiger partial charge in [0.1, 0.15) is 11.5 Å². The zero-order chi connectivity index (χ0) is 20.7. The first-order valence-corrected chi connectivity index (χ1v) is 11.0. The Labute approximate surface area is 179 Å². The van der Waals surface area contributed by atoms with E-state index < -0.39 is 0 Å². The van der Waals surface area contributed by atoms with E-state index in [-0.39, 0.29) is 5.91 Å². The quantitative estimate of drug-likeness (QED) is 0.623. The van der Waals surface area contributed by atoms with Crippen LogP contribution in [0.4, 0.5) is 0 Å². The summed E-state index contributed by atoms with van der Waals surface area (Å²) in [4.78, 5) is 17.2. The summed E-state index contributed by atoms with van der Waals surface area (Å²) in [7, 11) is 2.10. The van der Waals surface area contributed by atoms with Crippen molar-refractivity contribution >= 4 is 28.5 Å². The highest BCUT2D eigenvalue weighted by molar-refractivity contribution is 6.31. The van der Waals surface area contributed by atoms with Gasteiger partial charge in [-0.15, -0.1) is 0 Å². The Morgan fingerprint density at radius 2 is 2.00 bits per heavy atom. The van der Waals surface area contributed by atoms with Crippen molar-refractivity contribution in [2.45, 2.75) is 51.1 Å². The molecule has 7 nitrogen and oxygen atoms in total. The third-order valence-electron chi connectivity index (χ3n) is 6.43. The Kier molecular flexibility index (Phi) is 5.25. The van der Waals surface area contributed by atoms with E-state index in [4.69, 9.17) is 20.6 Å². The number of aryl methyl sites for hydroxylation is 1. The van der Waals surface area contributed by atoms with Crippen LogP contribution in [0.15, 0.2) is 27.2 Å². The number of carbonyl (C=O) groups excluding carboxylic acids is 1. The first-order chi connectivity index (χ1) is 14.6. The molecule has 3 aromatic rings. The van der Waals surface area contributed by atoms with Gasteiger partial charge in [0.25, 0.3) is 5.91 Å². The third-order valence-corrected chi connectivity index (χ3v) is 6.67. The van der Waals surface area contributed by atoms with Crippen molar-refractivity contribution in [3.8, 4) is 0 Å². The molecule has 0 bridgehead atoms. The molecule has 5 rings (SSSR count). The molecule has 1 saturated heterocycles. The number of fused-ring (bicyclic) bond motifs is 2. The van der Waals surface area contributed by atoms with Crippen LogP contribution >= 0.6 is 11.6 Å². The van der Waals surface area contributed by atoms with Crippen LogP contribution in [0.25, 0.3) is 11.0 Å². The largest absolute Gasteiger partial charge is 0.360 e. The number of benzene rings is 1. The van der Waals surface area contributed by atoms with E-state index in [9.17, 15) is 4.79 Å². The fourth-order valence-electron chi connectivity index (χ4n) is 4.65. The Balaban J connectivity index is 1.21. The number of nitrogens with zero attached hydrogens (tertiary/aromatic N) is 4. The summed E-state index contributed by atoms with van der Waals surface area (Å²) in [6.07, 6.45) is 5.83. The Hall–Kier alpha value is -2.38. The average Bonchev–Trinajstić information content (AvgIpc) is 3.37. The minimum absolute atomic E-state index is 0.0140. The number of hydrogen-bond donors (Lipinski definition) is 0. The molecule has 1 fully saturated rings. The molecule has 1 aliphatic heterocycles. The SMILES string of the molecule is CN(Cc1noc2ccc(Cl)cc12)C1CCN(C(=O)c2noc3c2CCCC3)CC1. The molecule has 1 aromatic carbocycles. The van der Waals surface area contributed by atoms with Crippen molar-refractivity contribution < 1.29 is 13.8 Å². The molecule has 0 spiro atoms. The first-order valence-electron chi connectivity index (χ1n) is 10.6. The third kappa shape index (κ3) is 3.61. The van der Waals surface area contributed by atoms with E-state index in [0.717, 1.165) is 79.6 Å². The lowest BCUT2D eigenvalue weighted by molar-refractivity contribution is 0.0627. The molecule has 0 unspecified atom stereocenters. The molecule has 1 amide bonds. The summed E-state index contributed by atoms with van der Waals surface area (Å²) in [6.45, 7) is 2.13. The summed E-state index contributed by atoms with van der Waals surface area (Å²) in [6, 6.07) is 5.93. The highest BCUT2D eigenvalue weighted by Crippen LogP contribution is 2.28. The van der Waals surface area contributed by atoms with Crippen molar-refractivity contribution in [1.29, 1.82) is 0 Å².